The van der Waals surface area contributed by atoms with E-state index in [1.807, 2.05) is 30.3 Å². The van der Waals surface area contributed by atoms with Crippen LogP contribution in [0.2, 0.25) is 0 Å². The van der Waals surface area contributed by atoms with Gasteiger partial charge in [-0.25, -0.2) is 14.3 Å². The van der Waals surface area contributed by atoms with E-state index in [9.17, 15) is 14.4 Å². The van der Waals surface area contributed by atoms with Gasteiger partial charge < -0.3 is 9.47 Å². The molecule has 7 nitrogen and oxygen atoms in total. The van der Waals surface area contributed by atoms with Crippen molar-refractivity contribution in [3.8, 4) is 0 Å². The normalized spacial score (nSPS) is 10.7. The predicted octanol–water partition coefficient (Wildman–Crippen LogP) is 3.58. The summed E-state index contributed by atoms with van der Waals surface area (Å²) in [5.74, 6) is -1.52. The second kappa shape index (κ2) is 8.68. The van der Waals surface area contributed by atoms with Crippen LogP contribution in [0.4, 0.5) is 0 Å². The maximum atomic E-state index is 12.9. The van der Waals surface area contributed by atoms with Crippen LogP contribution in [0, 0.1) is 6.92 Å². The molecule has 3 aromatic rings. The van der Waals surface area contributed by atoms with E-state index in [1.165, 1.54) is 4.68 Å². The number of Topliss-reactive ketones (excluding diaryl/α,β-unsaturated/α-hetero) is 1. The average molecular weight is 394 g/mol. The summed E-state index contributed by atoms with van der Waals surface area (Å²) in [6, 6.07) is 13.1. The summed E-state index contributed by atoms with van der Waals surface area (Å²) in [6.45, 7) is 5.09. The van der Waals surface area contributed by atoms with Crippen molar-refractivity contribution < 1.29 is 23.9 Å². The number of benzene rings is 2. The molecule has 1 heterocycles. The molecule has 0 amide bonds. The van der Waals surface area contributed by atoms with Gasteiger partial charge in [0.15, 0.2) is 17.2 Å². The Morgan fingerprint density at radius 3 is 2.28 bits per heavy atom. The zero-order valence-electron chi connectivity index (χ0n) is 16.6. The third kappa shape index (κ3) is 4.18. The molecular formula is C22H22N2O5. The third-order valence-electron chi connectivity index (χ3n) is 4.49. The Balaban J connectivity index is 1.97. The molecule has 0 bridgehead atoms. The number of carbonyl (C=O) groups is 3. The van der Waals surface area contributed by atoms with Crippen molar-refractivity contribution in [3.05, 3.63) is 65.0 Å². The molecule has 0 N–H and O–H groups in total. The number of carbonyl (C=O) groups excluding carboxylic acids is 3. The van der Waals surface area contributed by atoms with Gasteiger partial charge in [0.1, 0.15) is 6.54 Å². The van der Waals surface area contributed by atoms with Gasteiger partial charge in [-0.3, -0.25) is 4.79 Å². The number of ketones is 1. The van der Waals surface area contributed by atoms with Crippen LogP contribution in [0.3, 0.4) is 0 Å². The molecule has 0 saturated heterocycles. The Kier molecular flexibility index (Phi) is 6.07. The maximum Gasteiger partial charge on any atom is 0.359 e. The molecule has 3 rings (SSSR count). The molecule has 1 aromatic heterocycles. The maximum absolute atomic E-state index is 12.9. The zero-order chi connectivity index (χ0) is 21.0. The van der Waals surface area contributed by atoms with Gasteiger partial charge in [-0.2, -0.15) is 5.10 Å². The van der Waals surface area contributed by atoms with E-state index >= 15 is 0 Å². The lowest BCUT2D eigenvalue weighted by molar-refractivity contribution is 0.0505. The van der Waals surface area contributed by atoms with Gasteiger partial charge in [-0.15, -0.1) is 0 Å². The van der Waals surface area contributed by atoms with Gasteiger partial charge in [-0.05, 0) is 37.6 Å². The minimum absolute atomic E-state index is 0.00112. The number of nitrogens with zero attached hydrogens (tertiary/aromatic N) is 2. The second-order valence-electron chi connectivity index (χ2n) is 6.41. The first-order valence-corrected chi connectivity index (χ1v) is 9.39. The van der Waals surface area contributed by atoms with Crippen molar-refractivity contribution in [2.45, 2.75) is 27.3 Å². The molecule has 2 aromatic carbocycles. The van der Waals surface area contributed by atoms with Crippen molar-refractivity contribution in [1.29, 1.82) is 0 Å². The molecule has 29 heavy (non-hydrogen) atoms. The van der Waals surface area contributed by atoms with Gasteiger partial charge in [-0.1, -0.05) is 36.4 Å². The Bertz CT molecular complexity index is 1080. The molecule has 0 atom stereocenters. The van der Waals surface area contributed by atoms with Crippen LogP contribution in [-0.4, -0.2) is 40.7 Å². The SMILES string of the molecule is CCOC(=O)c1nn(CC(=O)c2ccc3ccccc3c2)c(C(=O)OCC)c1C. The molecule has 0 saturated carbocycles. The number of hydrogen-bond acceptors (Lipinski definition) is 6. The lowest BCUT2D eigenvalue weighted by Crippen LogP contribution is -2.19. The van der Waals surface area contributed by atoms with Gasteiger partial charge in [0.25, 0.3) is 0 Å². The largest absolute Gasteiger partial charge is 0.461 e. The fourth-order valence-electron chi connectivity index (χ4n) is 3.11. The molecule has 7 heteroatoms. The highest BCUT2D eigenvalue weighted by molar-refractivity contribution is 6.01. The van der Waals surface area contributed by atoms with Gasteiger partial charge in [0, 0.05) is 11.1 Å². The minimum atomic E-state index is -0.646. The number of esters is 2. The van der Waals surface area contributed by atoms with E-state index in [0.29, 0.717) is 11.1 Å². The summed E-state index contributed by atoms with van der Waals surface area (Å²) < 4.78 is 11.3. The molecule has 150 valence electrons. The van der Waals surface area contributed by atoms with E-state index in [0.717, 1.165) is 10.8 Å². The summed E-state index contributed by atoms with van der Waals surface area (Å²) in [6.07, 6.45) is 0. The summed E-state index contributed by atoms with van der Waals surface area (Å²) >= 11 is 0. The van der Waals surface area contributed by atoms with E-state index in [1.54, 1.807) is 32.9 Å². The van der Waals surface area contributed by atoms with Crippen molar-refractivity contribution in [3.63, 3.8) is 0 Å². The first kappa shape index (κ1) is 20.3. The van der Waals surface area contributed by atoms with Crippen molar-refractivity contribution in [2.24, 2.45) is 0 Å². The monoisotopic (exact) mass is 394 g/mol. The summed E-state index contributed by atoms with van der Waals surface area (Å²) in [7, 11) is 0. The quantitative estimate of drug-likeness (QED) is 0.450. The lowest BCUT2D eigenvalue weighted by atomic mass is 10.0. The van der Waals surface area contributed by atoms with Gasteiger partial charge in [0.2, 0.25) is 0 Å². The molecule has 0 fully saturated rings. The molecule has 0 aliphatic carbocycles. The highest BCUT2D eigenvalue weighted by Gasteiger charge is 2.27. The van der Waals surface area contributed by atoms with Crippen LogP contribution in [0.5, 0.6) is 0 Å². The van der Waals surface area contributed by atoms with Crippen LogP contribution < -0.4 is 0 Å². The summed E-state index contributed by atoms with van der Waals surface area (Å²) in [5, 5.41) is 6.14. The Morgan fingerprint density at radius 1 is 0.931 bits per heavy atom. The third-order valence-corrected chi connectivity index (χ3v) is 4.49. The Hall–Kier alpha value is -3.48. The molecule has 0 aliphatic rings. The van der Waals surface area contributed by atoms with Crippen LogP contribution in [0.15, 0.2) is 42.5 Å². The number of fused-ring (bicyclic) bond motifs is 1. The fourth-order valence-corrected chi connectivity index (χ4v) is 3.11. The van der Waals surface area contributed by atoms with E-state index in [2.05, 4.69) is 5.10 Å². The van der Waals surface area contributed by atoms with E-state index < -0.39 is 11.9 Å². The van der Waals surface area contributed by atoms with Gasteiger partial charge >= 0.3 is 11.9 Å². The van der Waals surface area contributed by atoms with E-state index in [4.69, 9.17) is 9.47 Å². The summed E-state index contributed by atoms with van der Waals surface area (Å²) in [4.78, 5) is 37.5. The number of aromatic nitrogens is 2. The highest BCUT2D eigenvalue weighted by Crippen LogP contribution is 2.19. The molecule has 0 unspecified atom stereocenters. The van der Waals surface area contributed by atoms with Crippen molar-refractivity contribution >= 4 is 28.5 Å². The van der Waals surface area contributed by atoms with Crippen LogP contribution in [0.25, 0.3) is 10.8 Å². The smallest absolute Gasteiger partial charge is 0.359 e. The second-order valence-corrected chi connectivity index (χ2v) is 6.41. The topological polar surface area (TPSA) is 87.5 Å². The van der Waals surface area contributed by atoms with Crippen LogP contribution in [-0.2, 0) is 16.0 Å². The molecule has 0 spiro atoms. The highest BCUT2D eigenvalue weighted by atomic mass is 16.5. The summed E-state index contributed by atoms with van der Waals surface area (Å²) in [5.41, 5.74) is 0.891. The first-order chi connectivity index (χ1) is 14.0. The number of hydrogen-bond donors (Lipinski definition) is 0. The Morgan fingerprint density at radius 2 is 1.59 bits per heavy atom. The van der Waals surface area contributed by atoms with Crippen molar-refractivity contribution in [1.82, 2.24) is 9.78 Å². The zero-order valence-corrected chi connectivity index (χ0v) is 16.6. The van der Waals surface area contributed by atoms with Crippen LogP contribution >= 0.6 is 0 Å². The average Bonchev–Trinajstić information content (AvgIpc) is 3.04. The number of ether oxygens (including phenoxy) is 2. The fraction of sp³-hybridized carbons (Fsp3) is 0.273. The van der Waals surface area contributed by atoms with Gasteiger partial charge in [0.05, 0.1) is 13.2 Å². The van der Waals surface area contributed by atoms with E-state index in [-0.39, 0.29) is 36.9 Å². The Labute approximate surface area is 168 Å². The molecule has 0 aliphatic heterocycles. The standard InChI is InChI=1S/C22H22N2O5/c1-4-28-21(26)19-14(3)20(22(27)29-5-2)24(23-19)13-18(25)17-11-10-15-8-6-7-9-16(15)12-17/h6-12H,4-5,13H2,1-3H3. The first-order valence-electron chi connectivity index (χ1n) is 9.39. The predicted molar refractivity (Wildman–Crippen MR) is 107 cm³/mol. The molecular weight excluding hydrogens is 372 g/mol. The van der Waals surface area contributed by atoms with Crippen molar-refractivity contribution in [2.75, 3.05) is 13.2 Å². The molecule has 0 radical (unpaired) electrons. The minimum Gasteiger partial charge on any atom is -0.461 e. The lowest BCUT2D eigenvalue weighted by Gasteiger charge is -2.08. The van der Waals surface area contributed by atoms with Crippen LogP contribution in [0.1, 0.15) is 50.7 Å². The number of rotatable bonds is 7.